The van der Waals surface area contributed by atoms with Crippen molar-refractivity contribution in [3.05, 3.63) is 58.2 Å². The maximum atomic E-state index is 14.8. The van der Waals surface area contributed by atoms with Gasteiger partial charge in [0.05, 0.1) is 6.61 Å². The normalized spacial score (nSPS) is 33.9. The van der Waals surface area contributed by atoms with Gasteiger partial charge in [0.1, 0.15) is 0 Å². The van der Waals surface area contributed by atoms with E-state index < -0.39 is 23.4 Å². The molecule has 0 saturated heterocycles. The van der Waals surface area contributed by atoms with Crippen LogP contribution in [-0.4, -0.2) is 23.0 Å². The molecule has 0 bridgehead atoms. The fourth-order valence-corrected chi connectivity index (χ4v) is 7.61. The first-order valence-electron chi connectivity index (χ1n) is 12.1. The van der Waals surface area contributed by atoms with Gasteiger partial charge in [0.15, 0.2) is 5.78 Å². The number of rotatable bonds is 3. The standard InChI is InChI=1S/C27H29F5O2/c1-25-13-21(16-4-2-15(14-33)3-5-16)24-19-9-7-18(34)12-17(19)6-8-20(24)22(25)10-11-23(25)26(28,29)27(30,31)32/h2-5,12,20-23,33H,6-11,13-14H2,1H3. The van der Waals surface area contributed by atoms with E-state index in [9.17, 15) is 31.9 Å². The molecular formula is C27H29F5O2. The molecule has 4 aliphatic rings. The van der Waals surface area contributed by atoms with E-state index in [0.29, 0.717) is 37.7 Å². The highest BCUT2D eigenvalue weighted by atomic mass is 19.4. The molecule has 2 nitrogen and oxygen atoms in total. The van der Waals surface area contributed by atoms with Crippen molar-refractivity contribution >= 4 is 5.78 Å². The third-order valence-electron chi connectivity index (χ3n) is 9.11. The zero-order chi connectivity index (χ0) is 24.5. The van der Waals surface area contributed by atoms with E-state index in [1.54, 1.807) is 25.1 Å². The number of hydrogen-bond donors (Lipinski definition) is 1. The summed E-state index contributed by atoms with van der Waals surface area (Å²) in [6, 6.07) is 7.29. The third-order valence-corrected chi connectivity index (χ3v) is 9.11. The van der Waals surface area contributed by atoms with Crippen molar-refractivity contribution < 1.29 is 31.9 Å². The predicted octanol–water partition coefficient (Wildman–Crippen LogP) is 6.89. The lowest BCUT2D eigenvalue weighted by atomic mass is 9.51. The van der Waals surface area contributed by atoms with E-state index in [4.69, 9.17) is 0 Å². The molecular weight excluding hydrogens is 451 g/mol. The van der Waals surface area contributed by atoms with Gasteiger partial charge in [0, 0.05) is 18.3 Å². The molecule has 0 heterocycles. The second-order valence-electron chi connectivity index (χ2n) is 10.7. The molecule has 1 aromatic rings. The maximum absolute atomic E-state index is 14.8. The zero-order valence-corrected chi connectivity index (χ0v) is 19.1. The van der Waals surface area contributed by atoms with Crippen LogP contribution in [0.5, 0.6) is 0 Å². The number of ketones is 1. The second kappa shape index (κ2) is 8.00. The van der Waals surface area contributed by atoms with E-state index >= 15 is 0 Å². The van der Waals surface area contributed by atoms with Crippen molar-refractivity contribution in [1.29, 1.82) is 0 Å². The number of aliphatic hydroxyl groups excluding tert-OH is 1. The summed E-state index contributed by atoms with van der Waals surface area (Å²) in [4.78, 5) is 12.1. The Balaban J connectivity index is 1.65. The number of halogens is 5. The SMILES string of the molecule is CC12CC(c3ccc(CO)cc3)C3=C4CCC(=O)C=C4CCC3C1CCC2C(F)(F)C(F)(F)F. The Morgan fingerprint density at radius 1 is 1.00 bits per heavy atom. The minimum absolute atomic E-state index is 0.0596. The summed E-state index contributed by atoms with van der Waals surface area (Å²) in [6.07, 6.45) is -1.06. The largest absolute Gasteiger partial charge is 0.453 e. The first kappa shape index (κ1) is 23.7. The molecule has 0 spiro atoms. The zero-order valence-electron chi connectivity index (χ0n) is 19.1. The molecule has 1 aromatic carbocycles. The molecule has 2 fully saturated rings. The highest BCUT2D eigenvalue weighted by Crippen LogP contribution is 2.69. The van der Waals surface area contributed by atoms with Gasteiger partial charge in [-0.15, -0.1) is 0 Å². The number of allylic oxidation sites excluding steroid dienone is 4. The van der Waals surface area contributed by atoms with Crippen LogP contribution < -0.4 is 0 Å². The Bertz CT molecular complexity index is 1050. The van der Waals surface area contributed by atoms with Crippen molar-refractivity contribution in [3.8, 4) is 0 Å². The van der Waals surface area contributed by atoms with Gasteiger partial charge >= 0.3 is 12.1 Å². The summed E-state index contributed by atoms with van der Waals surface area (Å²) < 4.78 is 70.1. The Kier molecular flexibility index (Phi) is 5.58. The van der Waals surface area contributed by atoms with Crippen LogP contribution in [0.3, 0.4) is 0 Å². The molecule has 34 heavy (non-hydrogen) atoms. The average molecular weight is 481 g/mol. The summed E-state index contributed by atoms with van der Waals surface area (Å²) in [7, 11) is 0. The molecule has 0 aliphatic heterocycles. The molecule has 0 aromatic heterocycles. The van der Waals surface area contributed by atoms with Gasteiger partial charge < -0.3 is 5.11 Å². The number of aliphatic hydroxyl groups is 1. The summed E-state index contributed by atoms with van der Waals surface area (Å²) in [6.45, 7) is 1.53. The van der Waals surface area contributed by atoms with E-state index in [-0.39, 0.29) is 43.0 Å². The third kappa shape index (κ3) is 3.49. The van der Waals surface area contributed by atoms with Crippen molar-refractivity contribution in [2.45, 2.75) is 76.5 Å². The molecule has 5 unspecified atom stereocenters. The minimum Gasteiger partial charge on any atom is -0.392 e. The van der Waals surface area contributed by atoms with Gasteiger partial charge in [-0.1, -0.05) is 36.8 Å². The van der Waals surface area contributed by atoms with Gasteiger partial charge in [0.25, 0.3) is 0 Å². The van der Waals surface area contributed by atoms with Crippen LogP contribution in [0.4, 0.5) is 22.0 Å². The minimum atomic E-state index is -5.57. The maximum Gasteiger partial charge on any atom is 0.453 e. The molecule has 7 heteroatoms. The smallest absolute Gasteiger partial charge is 0.392 e. The monoisotopic (exact) mass is 480 g/mol. The molecule has 5 atom stereocenters. The summed E-state index contributed by atoms with van der Waals surface area (Å²) in [5, 5.41) is 9.43. The number of fused-ring (bicyclic) bond motifs is 4. The average Bonchev–Trinajstić information content (AvgIpc) is 3.15. The lowest BCUT2D eigenvalue weighted by Crippen LogP contribution is -2.52. The Morgan fingerprint density at radius 3 is 2.35 bits per heavy atom. The molecule has 5 rings (SSSR count). The quantitative estimate of drug-likeness (QED) is 0.478. The lowest BCUT2D eigenvalue weighted by Gasteiger charge is -2.53. The second-order valence-corrected chi connectivity index (χ2v) is 10.7. The van der Waals surface area contributed by atoms with Crippen LogP contribution in [0.2, 0.25) is 0 Å². The molecule has 4 aliphatic carbocycles. The van der Waals surface area contributed by atoms with Crippen LogP contribution in [0, 0.1) is 23.2 Å². The first-order chi connectivity index (χ1) is 16.0. The van der Waals surface area contributed by atoms with Gasteiger partial charge in [-0.3, -0.25) is 4.79 Å². The summed E-state index contributed by atoms with van der Waals surface area (Å²) in [5.41, 5.74) is 3.73. The van der Waals surface area contributed by atoms with Gasteiger partial charge in [0.2, 0.25) is 0 Å². The number of alkyl halides is 5. The van der Waals surface area contributed by atoms with E-state index in [0.717, 1.165) is 22.3 Å². The number of benzene rings is 1. The molecule has 1 N–H and O–H groups in total. The Labute approximate surface area is 195 Å². The van der Waals surface area contributed by atoms with Gasteiger partial charge in [-0.25, -0.2) is 0 Å². The van der Waals surface area contributed by atoms with Gasteiger partial charge in [-0.2, -0.15) is 22.0 Å². The van der Waals surface area contributed by atoms with E-state index in [2.05, 4.69) is 0 Å². The van der Waals surface area contributed by atoms with E-state index in [1.165, 1.54) is 0 Å². The molecule has 0 radical (unpaired) electrons. The van der Waals surface area contributed by atoms with Crippen molar-refractivity contribution in [2.24, 2.45) is 23.2 Å². The number of carbonyl (C=O) groups is 1. The topological polar surface area (TPSA) is 37.3 Å². The fraction of sp³-hybridized carbons (Fsp3) is 0.593. The number of hydrogen-bond acceptors (Lipinski definition) is 2. The highest BCUT2D eigenvalue weighted by molar-refractivity contribution is 5.93. The van der Waals surface area contributed by atoms with Crippen LogP contribution in [0.15, 0.2) is 47.1 Å². The van der Waals surface area contributed by atoms with Gasteiger partial charge in [-0.05, 0) is 84.1 Å². The Hall–Kier alpha value is -2.02. The van der Waals surface area contributed by atoms with Crippen LogP contribution in [0.25, 0.3) is 0 Å². The molecule has 2 saturated carbocycles. The van der Waals surface area contributed by atoms with Crippen LogP contribution >= 0.6 is 0 Å². The fourth-order valence-electron chi connectivity index (χ4n) is 7.61. The highest BCUT2D eigenvalue weighted by Gasteiger charge is 2.70. The number of carbonyl (C=O) groups excluding carboxylic acids is 1. The first-order valence-corrected chi connectivity index (χ1v) is 12.1. The Morgan fingerprint density at radius 2 is 1.71 bits per heavy atom. The lowest BCUT2D eigenvalue weighted by molar-refractivity contribution is -0.315. The van der Waals surface area contributed by atoms with Crippen molar-refractivity contribution in [3.63, 3.8) is 0 Å². The van der Waals surface area contributed by atoms with Crippen LogP contribution in [0.1, 0.15) is 68.9 Å². The molecule has 184 valence electrons. The van der Waals surface area contributed by atoms with E-state index in [1.807, 2.05) is 12.1 Å². The summed E-state index contributed by atoms with van der Waals surface area (Å²) in [5.74, 6) is -6.97. The van der Waals surface area contributed by atoms with Crippen molar-refractivity contribution in [2.75, 3.05) is 0 Å². The van der Waals surface area contributed by atoms with Crippen molar-refractivity contribution in [1.82, 2.24) is 0 Å². The van der Waals surface area contributed by atoms with Crippen LogP contribution in [-0.2, 0) is 11.4 Å². The molecule has 0 amide bonds. The predicted molar refractivity (Wildman–Crippen MR) is 117 cm³/mol. The summed E-state index contributed by atoms with van der Waals surface area (Å²) >= 11 is 0.